The molecule has 4 aromatic rings. The summed E-state index contributed by atoms with van der Waals surface area (Å²) in [7, 11) is 0. The number of hydrogen-bond acceptors (Lipinski definition) is 4. The number of pyridine rings is 1. The molecule has 3 aromatic heterocycles. The summed E-state index contributed by atoms with van der Waals surface area (Å²) in [5.41, 5.74) is 3.85. The van der Waals surface area contributed by atoms with Gasteiger partial charge in [0.1, 0.15) is 5.69 Å². The standard InChI is InChI=1S/C19H11F6N5/c20-18(21,22)11-5-3-10(4-6-11)15-13(8-12-9-28-17(26)30(12)29-15)16-14(19(23,24)25)2-1-7-27-16/h1-9H,(H2,26,28). The topological polar surface area (TPSA) is 69.1 Å². The molecule has 0 aliphatic rings. The Kier molecular flexibility index (Phi) is 4.40. The molecule has 154 valence electrons. The second kappa shape index (κ2) is 6.71. The highest BCUT2D eigenvalue weighted by molar-refractivity contribution is 5.83. The van der Waals surface area contributed by atoms with Crippen molar-refractivity contribution < 1.29 is 26.3 Å². The SMILES string of the molecule is Nc1ncc2cc(-c3ncccc3C(F)(F)F)c(-c3ccc(C(F)(F)F)cc3)nn12. The van der Waals surface area contributed by atoms with E-state index in [2.05, 4.69) is 15.1 Å². The average molecular weight is 423 g/mol. The number of halogens is 6. The van der Waals surface area contributed by atoms with E-state index in [9.17, 15) is 26.3 Å². The average Bonchev–Trinajstić information content (AvgIpc) is 3.06. The molecule has 11 heteroatoms. The first-order chi connectivity index (χ1) is 14.1. The van der Waals surface area contributed by atoms with Gasteiger partial charge in [0, 0.05) is 17.3 Å². The summed E-state index contributed by atoms with van der Waals surface area (Å²) in [5, 5.41) is 4.24. The molecule has 2 N–H and O–H groups in total. The van der Waals surface area contributed by atoms with Crippen molar-refractivity contribution in [3.63, 3.8) is 0 Å². The lowest BCUT2D eigenvalue weighted by molar-refractivity contribution is -0.138. The number of imidazole rings is 1. The monoisotopic (exact) mass is 423 g/mol. The van der Waals surface area contributed by atoms with Gasteiger partial charge < -0.3 is 5.73 Å². The fourth-order valence-corrected chi connectivity index (χ4v) is 3.01. The number of anilines is 1. The van der Waals surface area contributed by atoms with Gasteiger partial charge in [0.25, 0.3) is 0 Å². The predicted molar refractivity (Wildman–Crippen MR) is 96.1 cm³/mol. The summed E-state index contributed by atoms with van der Waals surface area (Å²) in [6, 6.07) is 7.28. The van der Waals surface area contributed by atoms with E-state index in [0.29, 0.717) is 5.52 Å². The van der Waals surface area contributed by atoms with Crippen LogP contribution in [-0.2, 0) is 12.4 Å². The fourth-order valence-electron chi connectivity index (χ4n) is 3.01. The number of nitrogen functional groups attached to an aromatic ring is 1. The van der Waals surface area contributed by atoms with Gasteiger partial charge in [0.05, 0.1) is 28.5 Å². The Balaban J connectivity index is 2.00. The Labute approximate surface area is 164 Å². The molecule has 0 saturated carbocycles. The molecule has 0 fully saturated rings. The minimum Gasteiger partial charge on any atom is -0.368 e. The molecular formula is C19H11F6N5. The molecule has 0 atom stereocenters. The molecule has 5 nitrogen and oxygen atoms in total. The van der Waals surface area contributed by atoms with Crippen LogP contribution in [-0.4, -0.2) is 19.6 Å². The van der Waals surface area contributed by atoms with Crippen LogP contribution in [0.1, 0.15) is 11.1 Å². The van der Waals surface area contributed by atoms with E-state index in [0.717, 1.165) is 36.4 Å². The molecule has 4 rings (SSSR count). The maximum atomic E-state index is 13.5. The van der Waals surface area contributed by atoms with Crippen molar-refractivity contribution >= 4 is 11.5 Å². The highest BCUT2D eigenvalue weighted by Gasteiger charge is 2.35. The molecule has 0 bridgehead atoms. The van der Waals surface area contributed by atoms with E-state index in [1.54, 1.807) is 0 Å². The zero-order valence-electron chi connectivity index (χ0n) is 14.8. The zero-order chi connectivity index (χ0) is 21.7. The minimum atomic E-state index is -4.70. The van der Waals surface area contributed by atoms with E-state index in [1.165, 1.54) is 23.0 Å². The molecule has 0 radical (unpaired) electrons. The summed E-state index contributed by atoms with van der Waals surface area (Å²) in [4.78, 5) is 7.74. The summed E-state index contributed by atoms with van der Waals surface area (Å²) < 4.78 is 80.5. The molecule has 0 spiro atoms. The van der Waals surface area contributed by atoms with Gasteiger partial charge in [-0.1, -0.05) is 12.1 Å². The minimum absolute atomic E-state index is 0.0184. The van der Waals surface area contributed by atoms with Crippen LogP contribution in [0, 0.1) is 0 Å². The molecular weight excluding hydrogens is 412 g/mol. The Hall–Kier alpha value is -3.63. The Bertz CT molecular complexity index is 1230. The third kappa shape index (κ3) is 3.42. The van der Waals surface area contributed by atoms with E-state index in [1.807, 2.05) is 0 Å². The zero-order valence-corrected chi connectivity index (χ0v) is 14.8. The van der Waals surface area contributed by atoms with Gasteiger partial charge in [0.15, 0.2) is 0 Å². The van der Waals surface area contributed by atoms with Crippen LogP contribution in [0.2, 0.25) is 0 Å². The van der Waals surface area contributed by atoms with Crippen LogP contribution in [0.4, 0.5) is 32.3 Å². The number of aromatic nitrogens is 4. The second-order valence-corrected chi connectivity index (χ2v) is 6.33. The molecule has 30 heavy (non-hydrogen) atoms. The summed E-state index contributed by atoms with van der Waals surface area (Å²) in [5.74, 6) is -0.0261. The van der Waals surface area contributed by atoms with Crippen LogP contribution in [0.5, 0.6) is 0 Å². The van der Waals surface area contributed by atoms with Crippen LogP contribution in [0.3, 0.4) is 0 Å². The largest absolute Gasteiger partial charge is 0.418 e. The molecule has 0 amide bonds. The maximum absolute atomic E-state index is 13.5. The van der Waals surface area contributed by atoms with Crippen LogP contribution in [0.15, 0.2) is 54.9 Å². The number of rotatable bonds is 2. The number of alkyl halides is 6. The van der Waals surface area contributed by atoms with Crippen LogP contribution in [0.25, 0.3) is 28.0 Å². The van der Waals surface area contributed by atoms with E-state index >= 15 is 0 Å². The van der Waals surface area contributed by atoms with E-state index in [-0.39, 0.29) is 22.8 Å². The Morgan fingerprint density at radius 1 is 0.833 bits per heavy atom. The highest BCUT2D eigenvalue weighted by Crippen LogP contribution is 2.40. The summed E-state index contributed by atoms with van der Waals surface area (Å²) >= 11 is 0. The van der Waals surface area contributed by atoms with Gasteiger partial charge in [-0.05, 0) is 30.3 Å². The van der Waals surface area contributed by atoms with Crippen molar-refractivity contribution in [3.05, 3.63) is 66.0 Å². The summed E-state index contributed by atoms with van der Waals surface area (Å²) in [6.45, 7) is 0. The normalized spacial score (nSPS) is 12.5. The van der Waals surface area contributed by atoms with Gasteiger partial charge in [-0.2, -0.15) is 36.0 Å². The number of hydrogen-bond donors (Lipinski definition) is 1. The number of benzene rings is 1. The van der Waals surface area contributed by atoms with Crippen molar-refractivity contribution in [2.24, 2.45) is 0 Å². The third-order valence-corrected chi connectivity index (χ3v) is 4.39. The van der Waals surface area contributed by atoms with Crippen molar-refractivity contribution in [1.82, 2.24) is 19.6 Å². The van der Waals surface area contributed by atoms with Crippen LogP contribution < -0.4 is 5.73 Å². The van der Waals surface area contributed by atoms with Gasteiger partial charge >= 0.3 is 12.4 Å². The van der Waals surface area contributed by atoms with Crippen molar-refractivity contribution in [2.75, 3.05) is 5.73 Å². The highest BCUT2D eigenvalue weighted by atomic mass is 19.4. The Morgan fingerprint density at radius 2 is 1.53 bits per heavy atom. The molecule has 1 aromatic carbocycles. The lowest BCUT2D eigenvalue weighted by Crippen LogP contribution is -2.10. The number of nitrogens with zero attached hydrogens (tertiary/aromatic N) is 4. The number of nitrogens with two attached hydrogens (primary N) is 1. The molecule has 0 aliphatic heterocycles. The molecule has 0 unspecified atom stereocenters. The maximum Gasteiger partial charge on any atom is 0.418 e. The molecule has 3 heterocycles. The first-order valence-electron chi connectivity index (χ1n) is 8.40. The van der Waals surface area contributed by atoms with Gasteiger partial charge in [-0.25, -0.2) is 4.98 Å². The van der Waals surface area contributed by atoms with Gasteiger partial charge in [0.2, 0.25) is 5.95 Å². The second-order valence-electron chi connectivity index (χ2n) is 6.33. The summed E-state index contributed by atoms with van der Waals surface area (Å²) in [6.07, 6.45) is -6.75. The smallest absolute Gasteiger partial charge is 0.368 e. The Morgan fingerprint density at radius 3 is 2.17 bits per heavy atom. The van der Waals surface area contributed by atoms with Crippen molar-refractivity contribution in [3.8, 4) is 22.5 Å². The molecule has 0 saturated heterocycles. The lowest BCUT2D eigenvalue weighted by Gasteiger charge is -2.15. The van der Waals surface area contributed by atoms with E-state index < -0.39 is 29.2 Å². The first kappa shape index (κ1) is 19.7. The van der Waals surface area contributed by atoms with Gasteiger partial charge in [-0.15, -0.1) is 0 Å². The third-order valence-electron chi connectivity index (χ3n) is 4.39. The number of fused-ring (bicyclic) bond motifs is 1. The first-order valence-corrected chi connectivity index (χ1v) is 8.40. The predicted octanol–water partition coefficient (Wildman–Crippen LogP) is 5.08. The lowest BCUT2D eigenvalue weighted by atomic mass is 9.99. The van der Waals surface area contributed by atoms with Crippen LogP contribution >= 0.6 is 0 Å². The fraction of sp³-hybridized carbons (Fsp3) is 0.105. The quantitative estimate of drug-likeness (QED) is 0.457. The molecule has 0 aliphatic carbocycles. The van der Waals surface area contributed by atoms with E-state index in [4.69, 9.17) is 5.73 Å². The van der Waals surface area contributed by atoms with Gasteiger partial charge in [-0.3, -0.25) is 4.98 Å². The van der Waals surface area contributed by atoms with Crippen molar-refractivity contribution in [2.45, 2.75) is 12.4 Å². The van der Waals surface area contributed by atoms with Crippen molar-refractivity contribution in [1.29, 1.82) is 0 Å².